The highest BCUT2D eigenvalue weighted by atomic mass is 16.5. The van der Waals surface area contributed by atoms with E-state index in [0.717, 1.165) is 42.8 Å². The molecule has 1 N–H and O–H groups in total. The van der Waals surface area contributed by atoms with Crippen molar-refractivity contribution in [1.82, 2.24) is 15.4 Å². The standard InChI is InChI=1S/C18H23N3O2/c1-13-17(14(2)23-20-13)16-9-6-12-21(16)18(22)19-11-10-15-7-4-3-5-8-15/h3-5,7-8,16H,6,9-12H2,1-2H3,(H,19,22)/t16-/m1/s1. The fraction of sp³-hybridized carbons (Fsp3) is 0.444. The molecule has 3 rings (SSSR count). The van der Waals surface area contributed by atoms with Gasteiger partial charge in [0.25, 0.3) is 0 Å². The number of hydrogen-bond donors (Lipinski definition) is 1. The Morgan fingerprint density at radius 1 is 1.35 bits per heavy atom. The summed E-state index contributed by atoms with van der Waals surface area (Å²) in [6.45, 7) is 5.29. The third kappa shape index (κ3) is 3.38. The normalized spacial score (nSPS) is 17.5. The van der Waals surface area contributed by atoms with Gasteiger partial charge in [0, 0.05) is 18.7 Å². The van der Waals surface area contributed by atoms with Gasteiger partial charge < -0.3 is 14.7 Å². The summed E-state index contributed by atoms with van der Waals surface area (Å²) in [6.07, 6.45) is 2.83. The number of benzene rings is 1. The number of urea groups is 1. The Hall–Kier alpha value is -2.30. The third-order valence-electron chi connectivity index (χ3n) is 4.47. The number of rotatable bonds is 4. The first-order valence-electron chi connectivity index (χ1n) is 8.18. The van der Waals surface area contributed by atoms with Crippen LogP contribution in [0.4, 0.5) is 4.79 Å². The highest BCUT2D eigenvalue weighted by molar-refractivity contribution is 5.75. The van der Waals surface area contributed by atoms with Crippen LogP contribution in [0.3, 0.4) is 0 Å². The molecule has 0 unspecified atom stereocenters. The van der Waals surface area contributed by atoms with Gasteiger partial charge in [0.2, 0.25) is 0 Å². The molecule has 2 amide bonds. The number of amides is 2. The minimum Gasteiger partial charge on any atom is -0.361 e. The molecule has 1 aliphatic rings. The molecule has 2 aromatic rings. The number of likely N-dealkylation sites (tertiary alicyclic amines) is 1. The van der Waals surface area contributed by atoms with E-state index in [4.69, 9.17) is 4.52 Å². The van der Waals surface area contributed by atoms with Crippen molar-refractivity contribution in [3.63, 3.8) is 0 Å². The van der Waals surface area contributed by atoms with Crippen molar-refractivity contribution in [2.75, 3.05) is 13.1 Å². The van der Waals surface area contributed by atoms with Crippen LogP contribution in [0.5, 0.6) is 0 Å². The first kappa shape index (κ1) is 15.6. The average molecular weight is 313 g/mol. The Kier molecular flexibility index (Phi) is 4.65. The zero-order valence-electron chi connectivity index (χ0n) is 13.7. The van der Waals surface area contributed by atoms with Crippen LogP contribution in [0.1, 0.15) is 41.5 Å². The molecule has 0 saturated carbocycles. The van der Waals surface area contributed by atoms with Crippen LogP contribution in [0.2, 0.25) is 0 Å². The topological polar surface area (TPSA) is 58.4 Å². The first-order chi connectivity index (χ1) is 11.2. The molecule has 5 heteroatoms. The summed E-state index contributed by atoms with van der Waals surface area (Å²) in [7, 11) is 0. The molecule has 5 nitrogen and oxygen atoms in total. The fourth-order valence-electron chi connectivity index (χ4n) is 3.34. The third-order valence-corrected chi connectivity index (χ3v) is 4.47. The molecule has 0 aliphatic carbocycles. The van der Waals surface area contributed by atoms with Gasteiger partial charge in [-0.25, -0.2) is 4.79 Å². The van der Waals surface area contributed by atoms with E-state index in [1.165, 1.54) is 5.56 Å². The molecule has 2 heterocycles. The van der Waals surface area contributed by atoms with Gasteiger partial charge >= 0.3 is 6.03 Å². The predicted molar refractivity (Wildman–Crippen MR) is 88.2 cm³/mol. The van der Waals surface area contributed by atoms with E-state index in [1.807, 2.05) is 36.9 Å². The highest BCUT2D eigenvalue weighted by Gasteiger charge is 2.33. The van der Waals surface area contributed by atoms with Crippen molar-refractivity contribution >= 4 is 6.03 Å². The number of carbonyl (C=O) groups is 1. The quantitative estimate of drug-likeness (QED) is 0.941. The van der Waals surface area contributed by atoms with Gasteiger partial charge in [0.15, 0.2) is 0 Å². The van der Waals surface area contributed by atoms with E-state index < -0.39 is 0 Å². The van der Waals surface area contributed by atoms with Crippen molar-refractivity contribution in [3.05, 3.63) is 52.9 Å². The van der Waals surface area contributed by atoms with E-state index in [1.54, 1.807) is 0 Å². The molecular formula is C18H23N3O2. The van der Waals surface area contributed by atoms with E-state index in [-0.39, 0.29) is 12.1 Å². The van der Waals surface area contributed by atoms with Crippen molar-refractivity contribution in [3.8, 4) is 0 Å². The lowest BCUT2D eigenvalue weighted by Crippen LogP contribution is -2.40. The van der Waals surface area contributed by atoms with Crippen LogP contribution in [0.25, 0.3) is 0 Å². The molecular weight excluding hydrogens is 290 g/mol. The second-order valence-corrected chi connectivity index (χ2v) is 6.06. The maximum Gasteiger partial charge on any atom is 0.317 e. The Labute approximate surface area is 136 Å². The van der Waals surface area contributed by atoms with Crippen molar-refractivity contribution in [2.45, 2.75) is 39.2 Å². The number of aryl methyl sites for hydroxylation is 2. The van der Waals surface area contributed by atoms with Gasteiger partial charge in [-0.05, 0) is 38.7 Å². The summed E-state index contributed by atoms with van der Waals surface area (Å²) in [6, 6.07) is 10.3. The minimum atomic E-state index is 0.00318. The summed E-state index contributed by atoms with van der Waals surface area (Å²) in [5, 5.41) is 7.06. The largest absolute Gasteiger partial charge is 0.361 e. The molecule has 1 fully saturated rings. The molecule has 1 aliphatic heterocycles. The molecule has 0 radical (unpaired) electrons. The number of carbonyl (C=O) groups excluding carboxylic acids is 1. The SMILES string of the molecule is Cc1noc(C)c1[C@H]1CCCN1C(=O)NCCc1ccccc1. The summed E-state index contributed by atoms with van der Waals surface area (Å²) >= 11 is 0. The second-order valence-electron chi connectivity index (χ2n) is 6.06. The molecule has 122 valence electrons. The summed E-state index contributed by atoms with van der Waals surface area (Å²) < 4.78 is 5.27. The molecule has 23 heavy (non-hydrogen) atoms. The highest BCUT2D eigenvalue weighted by Crippen LogP contribution is 2.35. The van der Waals surface area contributed by atoms with Gasteiger partial charge in [-0.2, -0.15) is 0 Å². The lowest BCUT2D eigenvalue weighted by atomic mass is 10.0. The molecule has 1 saturated heterocycles. The number of aromatic nitrogens is 1. The number of nitrogens with one attached hydrogen (secondary N) is 1. The minimum absolute atomic E-state index is 0.00318. The van der Waals surface area contributed by atoms with Crippen LogP contribution in [-0.2, 0) is 6.42 Å². The summed E-state index contributed by atoms with van der Waals surface area (Å²) in [4.78, 5) is 14.4. The van der Waals surface area contributed by atoms with Crippen LogP contribution in [0, 0.1) is 13.8 Å². The van der Waals surface area contributed by atoms with Crippen molar-refractivity contribution < 1.29 is 9.32 Å². The van der Waals surface area contributed by atoms with Crippen LogP contribution in [0.15, 0.2) is 34.9 Å². The molecule has 1 aromatic heterocycles. The van der Waals surface area contributed by atoms with Gasteiger partial charge in [-0.15, -0.1) is 0 Å². The zero-order chi connectivity index (χ0) is 16.2. The smallest absolute Gasteiger partial charge is 0.317 e. The Morgan fingerprint density at radius 3 is 2.83 bits per heavy atom. The first-order valence-corrected chi connectivity index (χ1v) is 8.18. The van der Waals surface area contributed by atoms with Crippen molar-refractivity contribution in [1.29, 1.82) is 0 Å². The van der Waals surface area contributed by atoms with E-state index in [9.17, 15) is 4.79 Å². The van der Waals surface area contributed by atoms with Crippen LogP contribution < -0.4 is 5.32 Å². The Bertz CT molecular complexity index is 647. The monoisotopic (exact) mass is 313 g/mol. The van der Waals surface area contributed by atoms with Gasteiger partial charge in [-0.1, -0.05) is 35.5 Å². The number of nitrogens with zero attached hydrogens (tertiary/aromatic N) is 2. The van der Waals surface area contributed by atoms with E-state index in [2.05, 4.69) is 22.6 Å². The van der Waals surface area contributed by atoms with E-state index in [0.29, 0.717) is 6.54 Å². The zero-order valence-corrected chi connectivity index (χ0v) is 13.7. The summed E-state index contributed by atoms with van der Waals surface area (Å²) in [5.74, 6) is 0.816. The molecule has 1 atom stereocenters. The molecule has 0 bridgehead atoms. The lowest BCUT2D eigenvalue weighted by molar-refractivity contribution is 0.192. The predicted octanol–water partition coefficient (Wildman–Crippen LogP) is 3.38. The maximum absolute atomic E-state index is 12.5. The molecule has 0 spiro atoms. The second kappa shape index (κ2) is 6.86. The van der Waals surface area contributed by atoms with Crippen molar-refractivity contribution in [2.24, 2.45) is 0 Å². The van der Waals surface area contributed by atoms with Crippen LogP contribution in [-0.4, -0.2) is 29.2 Å². The van der Waals surface area contributed by atoms with E-state index >= 15 is 0 Å². The average Bonchev–Trinajstić information content (AvgIpc) is 3.15. The maximum atomic E-state index is 12.5. The Morgan fingerprint density at radius 2 is 2.13 bits per heavy atom. The lowest BCUT2D eigenvalue weighted by Gasteiger charge is -2.25. The van der Waals surface area contributed by atoms with Gasteiger partial charge in [-0.3, -0.25) is 0 Å². The number of hydrogen-bond acceptors (Lipinski definition) is 3. The van der Waals surface area contributed by atoms with Crippen LogP contribution >= 0.6 is 0 Å². The summed E-state index contributed by atoms with van der Waals surface area (Å²) in [5.41, 5.74) is 3.19. The van der Waals surface area contributed by atoms with Gasteiger partial charge in [0.1, 0.15) is 5.76 Å². The molecule has 1 aromatic carbocycles. The van der Waals surface area contributed by atoms with Gasteiger partial charge in [0.05, 0.1) is 11.7 Å². The fourth-order valence-corrected chi connectivity index (χ4v) is 3.34. The Balaban J connectivity index is 1.60.